The Balaban J connectivity index is 1.46. The Bertz CT molecular complexity index is 1060. The lowest BCUT2D eigenvalue weighted by Crippen LogP contribution is -2.41. The zero-order chi connectivity index (χ0) is 20.5. The van der Waals surface area contributed by atoms with Gasteiger partial charge in [0.05, 0.1) is 23.3 Å². The van der Waals surface area contributed by atoms with E-state index >= 15 is 0 Å². The van der Waals surface area contributed by atoms with Crippen LogP contribution < -0.4 is 10.6 Å². The monoisotopic (exact) mass is 398 g/mol. The molecule has 29 heavy (non-hydrogen) atoms. The maximum Gasteiger partial charge on any atom is 0.320 e. The lowest BCUT2D eigenvalue weighted by atomic mass is 10.1. The summed E-state index contributed by atoms with van der Waals surface area (Å²) in [6.45, 7) is 0. The van der Waals surface area contributed by atoms with E-state index in [1.165, 1.54) is 12.1 Å². The van der Waals surface area contributed by atoms with Gasteiger partial charge in [-0.3, -0.25) is 14.8 Å². The molecule has 0 unspecified atom stereocenters. The number of carbonyl (C=O) groups is 2. The Morgan fingerprint density at radius 1 is 1.28 bits per heavy atom. The first kappa shape index (κ1) is 18.7. The maximum absolute atomic E-state index is 13.9. The van der Waals surface area contributed by atoms with Crippen molar-refractivity contribution in [2.45, 2.75) is 18.5 Å². The molecule has 1 aliphatic rings. The number of urea groups is 1. The number of rotatable bonds is 4. The highest BCUT2D eigenvalue weighted by molar-refractivity contribution is 5.90. The van der Waals surface area contributed by atoms with E-state index < -0.39 is 17.9 Å². The normalized spacial score (nSPS) is 18.9. The minimum atomic E-state index is -0.543. The molecule has 1 fully saturated rings. The average molecular weight is 398 g/mol. The van der Waals surface area contributed by atoms with E-state index in [0.29, 0.717) is 0 Å². The van der Waals surface area contributed by atoms with Gasteiger partial charge in [-0.15, -0.1) is 0 Å². The Kier molecular flexibility index (Phi) is 4.75. The highest BCUT2D eigenvalue weighted by Crippen LogP contribution is 2.31. The van der Waals surface area contributed by atoms with Crippen LogP contribution in [0.5, 0.6) is 0 Å². The molecule has 9 nitrogen and oxygen atoms in total. The van der Waals surface area contributed by atoms with Crippen molar-refractivity contribution in [3.05, 3.63) is 54.1 Å². The summed E-state index contributed by atoms with van der Waals surface area (Å²) < 4.78 is 20.7. The molecular weight excluding hydrogens is 379 g/mol. The first-order chi connectivity index (χ1) is 13.9. The summed E-state index contributed by atoms with van der Waals surface area (Å²) in [5.41, 5.74) is 1.06. The number of carbonyl (C=O) groups excluding carboxylic acids is 2. The number of nitrogens with one attached hydrogen (secondary N) is 2. The molecule has 1 aromatic carbocycles. The zero-order valence-corrected chi connectivity index (χ0v) is 15.8. The summed E-state index contributed by atoms with van der Waals surface area (Å²) in [6.07, 6.45) is 1.81. The molecule has 3 aromatic rings. The molecule has 0 bridgehead atoms. The van der Waals surface area contributed by atoms with Crippen LogP contribution in [-0.4, -0.2) is 44.9 Å². The van der Waals surface area contributed by atoms with Gasteiger partial charge in [0, 0.05) is 32.8 Å². The second kappa shape index (κ2) is 7.38. The third-order valence-corrected chi connectivity index (χ3v) is 4.96. The molecule has 0 radical (unpaired) electrons. The molecule has 2 atom stereocenters. The van der Waals surface area contributed by atoms with Crippen LogP contribution in [0.1, 0.15) is 18.2 Å². The van der Waals surface area contributed by atoms with E-state index in [9.17, 15) is 14.0 Å². The van der Waals surface area contributed by atoms with Crippen LogP contribution in [0.4, 0.5) is 15.0 Å². The minimum Gasteiger partial charge on any atom is -0.354 e. The molecule has 2 N–H and O–H groups in total. The number of likely N-dealkylation sites (N-methyl/N-ethyl adjacent to an activating group) is 1. The third-order valence-electron chi connectivity index (χ3n) is 4.96. The topological polar surface area (TPSA) is 105 Å². The van der Waals surface area contributed by atoms with Crippen molar-refractivity contribution in [2.75, 3.05) is 12.4 Å². The van der Waals surface area contributed by atoms with Crippen LogP contribution in [0, 0.1) is 5.82 Å². The van der Waals surface area contributed by atoms with Crippen molar-refractivity contribution in [1.82, 2.24) is 25.2 Å². The molecule has 0 saturated carbocycles. The number of nitrogens with zero attached hydrogens (tertiary/aromatic N) is 4. The van der Waals surface area contributed by atoms with E-state index in [1.54, 1.807) is 48.1 Å². The Morgan fingerprint density at radius 2 is 2.07 bits per heavy atom. The van der Waals surface area contributed by atoms with Crippen molar-refractivity contribution in [3.8, 4) is 11.3 Å². The quantitative estimate of drug-likeness (QED) is 0.702. The Morgan fingerprint density at radius 3 is 2.79 bits per heavy atom. The van der Waals surface area contributed by atoms with E-state index in [-0.39, 0.29) is 35.5 Å². The molecule has 3 amide bonds. The molecule has 1 aliphatic heterocycles. The predicted molar refractivity (Wildman–Crippen MR) is 101 cm³/mol. The fraction of sp³-hybridized carbons (Fsp3) is 0.263. The molecule has 1 saturated heterocycles. The van der Waals surface area contributed by atoms with Gasteiger partial charge in [0.1, 0.15) is 5.82 Å². The number of hydrogen-bond acceptors (Lipinski definition) is 5. The molecule has 10 heteroatoms. The molecule has 150 valence electrons. The van der Waals surface area contributed by atoms with Gasteiger partial charge < -0.3 is 14.7 Å². The van der Waals surface area contributed by atoms with Crippen LogP contribution in [0.15, 0.2) is 47.1 Å². The standard InChI is InChI=1S/C19H19FN6O3/c1-25-17(27)9-13(18(25)14-7-8-21-26(14)2)22-19(28)23-16-10-15(29-24-16)11-5-3-4-6-12(11)20/h3-8,10,13,18H,9H2,1-2H3,(H2,22,23,24,28)/t13-,18-/m1/s1. The number of amides is 3. The van der Waals surface area contributed by atoms with Crippen LogP contribution in [0.3, 0.4) is 0 Å². The summed E-state index contributed by atoms with van der Waals surface area (Å²) >= 11 is 0. The summed E-state index contributed by atoms with van der Waals surface area (Å²) in [6, 6.07) is 8.02. The SMILES string of the molecule is CN1C(=O)C[C@@H](NC(=O)Nc2cc(-c3ccccc3F)on2)[C@@H]1c1ccnn1C. The van der Waals surface area contributed by atoms with Gasteiger partial charge in [0.15, 0.2) is 11.6 Å². The highest BCUT2D eigenvalue weighted by Gasteiger charge is 2.40. The molecule has 4 rings (SSSR count). The lowest BCUT2D eigenvalue weighted by molar-refractivity contribution is -0.127. The van der Waals surface area contributed by atoms with Gasteiger partial charge >= 0.3 is 6.03 Å². The Hall–Kier alpha value is -3.69. The van der Waals surface area contributed by atoms with Crippen LogP contribution in [0.25, 0.3) is 11.3 Å². The van der Waals surface area contributed by atoms with Crippen LogP contribution in [-0.2, 0) is 11.8 Å². The second-order valence-electron chi connectivity index (χ2n) is 6.79. The number of halogens is 1. The van der Waals surface area contributed by atoms with Gasteiger partial charge in [-0.2, -0.15) is 5.10 Å². The number of likely N-dealkylation sites (tertiary alicyclic amines) is 1. The van der Waals surface area contributed by atoms with Crippen molar-refractivity contribution >= 4 is 17.8 Å². The number of anilines is 1. The first-order valence-corrected chi connectivity index (χ1v) is 8.96. The van der Waals surface area contributed by atoms with E-state index in [0.717, 1.165) is 5.69 Å². The minimum absolute atomic E-state index is 0.0789. The fourth-order valence-corrected chi connectivity index (χ4v) is 3.52. The lowest BCUT2D eigenvalue weighted by Gasteiger charge is -2.25. The molecule has 3 heterocycles. The summed E-state index contributed by atoms with van der Waals surface area (Å²) in [5, 5.41) is 13.3. The van der Waals surface area contributed by atoms with Crippen LogP contribution >= 0.6 is 0 Å². The van der Waals surface area contributed by atoms with Crippen LogP contribution in [0.2, 0.25) is 0 Å². The predicted octanol–water partition coefficient (Wildman–Crippen LogP) is 2.31. The summed E-state index contributed by atoms with van der Waals surface area (Å²) in [4.78, 5) is 26.3. The summed E-state index contributed by atoms with van der Waals surface area (Å²) in [7, 11) is 3.47. The average Bonchev–Trinajstić information content (AvgIpc) is 3.37. The van der Waals surface area contributed by atoms with E-state index in [4.69, 9.17) is 4.52 Å². The summed E-state index contributed by atoms with van der Waals surface area (Å²) in [5.74, 6) is -0.201. The highest BCUT2D eigenvalue weighted by atomic mass is 19.1. The van der Waals surface area contributed by atoms with Gasteiger partial charge in [0.25, 0.3) is 0 Å². The third kappa shape index (κ3) is 3.56. The van der Waals surface area contributed by atoms with Crippen molar-refractivity contribution in [3.63, 3.8) is 0 Å². The first-order valence-electron chi connectivity index (χ1n) is 8.96. The van der Waals surface area contributed by atoms with Crippen molar-refractivity contribution in [2.24, 2.45) is 7.05 Å². The number of aromatic nitrogens is 3. The molecular formula is C19H19FN6O3. The Labute approximate surface area is 165 Å². The molecule has 0 spiro atoms. The van der Waals surface area contributed by atoms with Crippen molar-refractivity contribution < 1.29 is 18.5 Å². The molecule has 2 aromatic heterocycles. The van der Waals surface area contributed by atoms with Gasteiger partial charge in [-0.25, -0.2) is 9.18 Å². The van der Waals surface area contributed by atoms with Gasteiger partial charge in [-0.1, -0.05) is 17.3 Å². The fourth-order valence-electron chi connectivity index (χ4n) is 3.52. The van der Waals surface area contributed by atoms with E-state index in [2.05, 4.69) is 20.9 Å². The number of benzene rings is 1. The number of aryl methyl sites for hydroxylation is 1. The van der Waals surface area contributed by atoms with E-state index in [1.807, 2.05) is 6.07 Å². The smallest absolute Gasteiger partial charge is 0.320 e. The molecule has 0 aliphatic carbocycles. The van der Waals surface area contributed by atoms with Crippen molar-refractivity contribution in [1.29, 1.82) is 0 Å². The zero-order valence-electron chi connectivity index (χ0n) is 15.8. The van der Waals surface area contributed by atoms with Gasteiger partial charge in [-0.05, 0) is 18.2 Å². The maximum atomic E-state index is 13.9. The number of hydrogen-bond donors (Lipinski definition) is 2. The second-order valence-corrected chi connectivity index (χ2v) is 6.79. The van der Waals surface area contributed by atoms with Gasteiger partial charge in [0.2, 0.25) is 5.91 Å². The largest absolute Gasteiger partial charge is 0.354 e.